The van der Waals surface area contributed by atoms with Crippen LogP contribution in [0.3, 0.4) is 0 Å². The Kier molecular flexibility index (Phi) is 4.43. The van der Waals surface area contributed by atoms with Gasteiger partial charge in [0.2, 0.25) is 0 Å². The SMILES string of the molecule is Cc1ncccc1C(=O)NC[C@H]1CCO[C@@H]1C(C)(C)C. The average molecular weight is 276 g/mol. The average Bonchev–Trinajstić information content (AvgIpc) is 2.84. The Labute approximate surface area is 120 Å². The van der Waals surface area contributed by atoms with Crippen molar-refractivity contribution in [2.24, 2.45) is 11.3 Å². The van der Waals surface area contributed by atoms with Gasteiger partial charge in [0.15, 0.2) is 0 Å². The molecule has 4 heteroatoms. The lowest BCUT2D eigenvalue weighted by molar-refractivity contribution is 0.00737. The molecule has 0 aromatic carbocycles. The van der Waals surface area contributed by atoms with Gasteiger partial charge < -0.3 is 10.1 Å². The lowest BCUT2D eigenvalue weighted by atomic mass is 9.81. The van der Waals surface area contributed by atoms with Gasteiger partial charge in [-0.25, -0.2) is 0 Å². The third-order valence-corrected chi connectivity index (χ3v) is 3.84. The number of hydrogen-bond acceptors (Lipinski definition) is 3. The van der Waals surface area contributed by atoms with Crippen LogP contribution in [0.15, 0.2) is 18.3 Å². The zero-order chi connectivity index (χ0) is 14.8. The van der Waals surface area contributed by atoms with Crippen molar-refractivity contribution in [2.75, 3.05) is 13.2 Å². The quantitative estimate of drug-likeness (QED) is 0.923. The molecule has 1 aliphatic rings. The van der Waals surface area contributed by atoms with Crippen LogP contribution >= 0.6 is 0 Å². The molecule has 0 radical (unpaired) electrons. The third-order valence-electron chi connectivity index (χ3n) is 3.84. The van der Waals surface area contributed by atoms with Crippen molar-refractivity contribution in [1.29, 1.82) is 0 Å². The minimum absolute atomic E-state index is 0.0461. The zero-order valence-electron chi connectivity index (χ0n) is 12.8. The zero-order valence-corrected chi connectivity index (χ0v) is 12.8. The fraction of sp³-hybridized carbons (Fsp3) is 0.625. The van der Waals surface area contributed by atoms with E-state index in [-0.39, 0.29) is 17.4 Å². The number of nitrogens with zero attached hydrogens (tertiary/aromatic N) is 1. The molecule has 0 saturated carbocycles. The van der Waals surface area contributed by atoms with Gasteiger partial charge in [0.1, 0.15) is 0 Å². The van der Waals surface area contributed by atoms with E-state index in [0.29, 0.717) is 18.0 Å². The Morgan fingerprint density at radius 1 is 1.50 bits per heavy atom. The van der Waals surface area contributed by atoms with E-state index in [2.05, 4.69) is 31.1 Å². The Hall–Kier alpha value is -1.42. The maximum Gasteiger partial charge on any atom is 0.253 e. The van der Waals surface area contributed by atoms with Crippen LogP contribution < -0.4 is 5.32 Å². The van der Waals surface area contributed by atoms with Gasteiger partial charge in [-0.3, -0.25) is 9.78 Å². The van der Waals surface area contributed by atoms with Crippen LogP contribution in [0.1, 0.15) is 43.2 Å². The lowest BCUT2D eigenvalue weighted by Crippen LogP contribution is -2.38. The summed E-state index contributed by atoms with van der Waals surface area (Å²) in [4.78, 5) is 16.3. The van der Waals surface area contributed by atoms with E-state index < -0.39 is 0 Å². The van der Waals surface area contributed by atoms with Crippen molar-refractivity contribution in [3.8, 4) is 0 Å². The topological polar surface area (TPSA) is 51.2 Å². The van der Waals surface area contributed by atoms with Crippen LogP contribution in [0.25, 0.3) is 0 Å². The summed E-state index contributed by atoms with van der Waals surface area (Å²) >= 11 is 0. The number of amides is 1. The predicted molar refractivity (Wildman–Crippen MR) is 78.6 cm³/mol. The maximum atomic E-state index is 12.2. The van der Waals surface area contributed by atoms with Gasteiger partial charge in [-0.05, 0) is 30.9 Å². The highest BCUT2D eigenvalue weighted by atomic mass is 16.5. The van der Waals surface area contributed by atoms with E-state index in [9.17, 15) is 4.79 Å². The number of rotatable bonds is 3. The van der Waals surface area contributed by atoms with E-state index >= 15 is 0 Å². The van der Waals surface area contributed by atoms with Gasteiger partial charge in [0, 0.05) is 31.0 Å². The van der Waals surface area contributed by atoms with Crippen molar-refractivity contribution in [1.82, 2.24) is 10.3 Å². The Bertz CT molecular complexity index is 480. The number of pyridine rings is 1. The number of carbonyl (C=O) groups is 1. The molecule has 1 amide bonds. The monoisotopic (exact) mass is 276 g/mol. The number of ether oxygens (including phenoxy) is 1. The second-order valence-electron chi connectivity index (χ2n) is 6.55. The first-order valence-corrected chi connectivity index (χ1v) is 7.21. The number of aromatic nitrogens is 1. The number of carbonyl (C=O) groups excluding carboxylic acids is 1. The molecule has 0 unspecified atom stereocenters. The molecule has 1 saturated heterocycles. The standard InChI is InChI=1S/C16H24N2O2/c1-11-13(6-5-8-17-11)15(19)18-10-12-7-9-20-14(12)16(2,3)4/h5-6,8,12,14H,7,9-10H2,1-4H3,(H,18,19)/t12-,14+/m1/s1. The Morgan fingerprint density at radius 2 is 2.25 bits per heavy atom. The lowest BCUT2D eigenvalue weighted by Gasteiger charge is -2.31. The Morgan fingerprint density at radius 3 is 2.90 bits per heavy atom. The third kappa shape index (κ3) is 3.37. The summed E-state index contributed by atoms with van der Waals surface area (Å²) in [5, 5.41) is 3.02. The normalized spacial score (nSPS) is 22.8. The van der Waals surface area contributed by atoms with E-state index in [4.69, 9.17) is 4.74 Å². The van der Waals surface area contributed by atoms with Crippen molar-refractivity contribution < 1.29 is 9.53 Å². The van der Waals surface area contributed by atoms with Crippen molar-refractivity contribution in [3.05, 3.63) is 29.6 Å². The summed E-state index contributed by atoms with van der Waals surface area (Å²) in [6, 6.07) is 3.60. The molecule has 110 valence electrons. The van der Waals surface area contributed by atoms with E-state index in [1.54, 1.807) is 12.3 Å². The van der Waals surface area contributed by atoms with Crippen molar-refractivity contribution in [2.45, 2.75) is 40.2 Å². The van der Waals surface area contributed by atoms with Gasteiger partial charge in [-0.2, -0.15) is 0 Å². The maximum absolute atomic E-state index is 12.2. The first kappa shape index (κ1) is 15.0. The summed E-state index contributed by atoms with van der Waals surface area (Å²) < 4.78 is 5.83. The largest absolute Gasteiger partial charge is 0.377 e. The van der Waals surface area contributed by atoms with Gasteiger partial charge in [0.05, 0.1) is 11.7 Å². The summed E-state index contributed by atoms with van der Waals surface area (Å²) in [6.07, 6.45) is 2.92. The highest BCUT2D eigenvalue weighted by Crippen LogP contribution is 2.34. The van der Waals surface area contributed by atoms with Crippen LogP contribution in [0.4, 0.5) is 0 Å². The van der Waals surface area contributed by atoms with Crippen LogP contribution in [-0.2, 0) is 4.74 Å². The van der Waals surface area contributed by atoms with Gasteiger partial charge in [-0.1, -0.05) is 20.8 Å². The molecule has 1 aromatic heterocycles. The van der Waals surface area contributed by atoms with Crippen LogP contribution in [0.2, 0.25) is 0 Å². The molecular formula is C16H24N2O2. The molecule has 2 rings (SSSR count). The molecule has 2 atom stereocenters. The van der Waals surface area contributed by atoms with Gasteiger partial charge in [0.25, 0.3) is 5.91 Å². The second kappa shape index (κ2) is 5.92. The fourth-order valence-electron chi connectivity index (χ4n) is 2.84. The molecule has 20 heavy (non-hydrogen) atoms. The molecule has 2 heterocycles. The first-order valence-electron chi connectivity index (χ1n) is 7.21. The molecule has 1 fully saturated rings. The van der Waals surface area contributed by atoms with E-state index in [0.717, 1.165) is 18.7 Å². The molecule has 1 aromatic rings. The van der Waals surface area contributed by atoms with Crippen LogP contribution in [0.5, 0.6) is 0 Å². The molecule has 0 bridgehead atoms. The molecule has 4 nitrogen and oxygen atoms in total. The summed E-state index contributed by atoms with van der Waals surface area (Å²) in [7, 11) is 0. The molecule has 0 aliphatic carbocycles. The number of hydrogen-bond donors (Lipinski definition) is 1. The van der Waals surface area contributed by atoms with Crippen LogP contribution in [0, 0.1) is 18.3 Å². The number of aryl methyl sites for hydroxylation is 1. The summed E-state index contributed by atoms with van der Waals surface area (Å²) in [5.74, 6) is 0.339. The van der Waals surface area contributed by atoms with Crippen LogP contribution in [-0.4, -0.2) is 30.1 Å². The van der Waals surface area contributed by atoms with E-state index in [1.165, 1.54) is 0 Å². The smallest absolute Gasteiger partial charge is 0.253 e. The molecular weight excluding hydrogens is 252 g/mol. The summed E-state index contributed by atoms with van der Waals surface area (Å²) in [5.41, 5.74) is 1.52. The molecule has 1 N–H and O–H groups in total. The highest BCUT2D eigenvalue weighted by molar-refractivity contribution is 5.95. The summed E-state index contributed by atoms with van der Waals surface area (Å²) in [6.45, 7) is 9.85. The number of nitrogens with one attached hydrogen (secondary N) is 1. The van der Waals surface area contributed by atoms with E-state index in [1.807, 2.05) is 13.0 Å². The molecule has 0 spiro atoms. The minimum atomic E-state index is -0.0461. The van der Waals surface area contributed by atoms with Gasteiger partial charge in [-0.15, -0.1) is 0 Å². The predicted octanol–water partition coefficient (Wildman–Crippen LogP) is 2.57. The first-order chi connectivity index (χ1) is 9.39. The van der Waals surface area contributed by atoms with Crippen molar-refractivity contribution >= 4 is 5.91 Å². The highest BCUT2D eigenvalue weighted by Gasteiger charge is 2.37. The fourth-order valence-corrected chi connectivity index (χ4v) is 2.84. The Balaban J connectivity index is 1.95. The second-order valence-corrected chi connectivity index (χ2v) is 6.55. The van der Waals surface area contributed by atoms with Crippen molar-refractivity contribution in [3.63, 3.8) is 0 Å². The molecule has 1 aliphatic heterocycles. The van der Waals surface area contributed by atoms with Gasteiger partial charge >= 0.3 is 0 Å². The minimum Gasteiger partial charge on any atom is -0.377 e.